The molecule has 142 valence electrons. The molecular weight excluding hydrogens is 338 g/mol. The van der Waals surface area contributed by atoms with Crippen molar-refractivity contribution in [3.8, 4) is 0 Å². The lowest BCUT2D eigenvalue weighted by atomic mass is 9.89. The normalized spacial score (nSPS) is 22.4. The number of hydrogen-bond donors (Lipinski definition) is 1. The lowest BCUT2D eigenvalue weighted by molar-refractivity contribution is -0.132. The van der Waals surface area contributed by atoms with Gasteiger partial charge >= 0.3 is 0 Å². The van der Waals surface area contributed by atoms with E-state index in [1.807, 2.05) is 31.4 Å². The van der Waals surface area contributed by atoms with Crippen LogP contribution in [0.25, 0.3) is 0 Å². The van der Waals surface area contributed by atoms with Crippen molar-refractivity contribution in [2.75, 3.05) is 39.8 Å². The van der Waals surface area contributed by atoms with Gasteiger partial charge in [-0.1, -0.05) is 19.3 Å². The zero-order valence-electron chi connectivity index (χ0n) is 15.5. The fraction of sp³-hybridized carbons (Fsp3) is 0.778. The summed E-state index contributed by atoms with van der Waals surface area (Å²) in [6.45, 7) is 4.08. The molecule has 1 aliphatic carbocycles. The van der Waals surface area contributed by atoms with Crippen LogP contribution in [0.5, 0.6) is 0 Å². The standard InChI is InChI=1S/C18H31N5O.ClH/c1-21-10-9-20-18(21)16-12-19-8-11-23(16)14-17(24)22(2)13-15-6-4-3-5-7-15;/h9-10,15-16,19H,3-8,11-14H2,1-2H3;1H. The molecule has 1 saturated carbocycles. The van der Waals surface area contributed by atoms with Crippen LogP contribution in [0.4, 0.5) is 0 Å². The van der Waals surface area contributed by atoms with Crippen LogP contribution in [-0.4, -0.2) is 65.0 Å². The van der Waals surface area contributed by atoms with Crippen LogP contribution < -0.4 is 5.32 Å². The van der Waals surface area contributed by atoms with Gasteiger partial charge in [-0.05, 0) is 18.8 Å². The SMILES string of the molecule is CN(CC1CCCCC1)C(=O)CN1CCNCC1c1nccn1C.Cl. The number of carbonyl (C=O) groups is 1. The van der Waals surface area contributed by atoms with Crippen LogP contribution >= 0.6 is 12.4 Å². The van der Waals surface area contributed by atoms with Crippen molar-refractivity contribution in [3.05, 3.63) is 18.2 Å². The molecule has 0 radical (unpaired) electrons. The summed E-state index contributed by atoms with van der Waals surface area (Å²) in [5, 5.41) is 3.43. The largest absolute Gasteiger partial charge is 0.344 e. The highest BCUT2D eigenvalue weighted by Gasteiger charge is 2.29. The van der Waals surface area contributed by atoms with Crippen LogP contribution in [0.2, 0.25) is 0 Å². The van der Waals surface area contributed by atoms with Gasteiger partial charge in [0.15, 0.2) is 0 Å². The quantitative estimate of drug-likeness (QED) is 0.860. The number of likely N-dealkylation sites (N-methyl/N-ethyl adjacent to an activating group) is 1. The molecular formula is C18H32ClN5O. The Labute approximate surface area is 157 Å². The number of nitrogens with zero attached hydrogens (tertiary/aromatic N) is 4. The third kappa shape index (κ3) is 5.19. The highest BCUT2D eigenvalue weighted by molar-refractivity contribution is 5.85. The molecule has 1 atom stereocenters. The molecule has 0 spiro atoms. The highest BCUT2D eigenvalue weighted by Crippen LogP contribution is 2.24. The van der Waals surface area contributed by atoms with Gasteiger partial charge in [0.1, 0.15) is 5.82 Å². The Morgan fingerprint density at radius 3 is 2.80 bits per heavy atom. The van der Waals surface area contributed by atoms with Gasteiger partial charge in [0.2, 0.25) is 5.91 Å². The van der Waals surface area contributed by atoms with Crippen LogP contribution in [0.15, 0.2) is 12.4 Å². The maximum absolute atomic E-state index is 12.7. The average Bonchev–Trinajstić information content (AvgIpc) is 3.02. The molecule has 1 unspecified atom stereocenters. The summed E-state index contributed by atoms with van der Waals surface area (Å²) < 4.78 is 2.06. The Balaban J connectivity index is 0.00000225. The second-order valence-corrected chi connectivity index (χ2v) is 7.37. The van der Waals surface area contributed by atoms with Crippen molar-refractivity contribution < 1.29 is 4.79 Å². The van der Waals surface area contributed by atoms with Crippen molar-refractivity contribution in [3.63, 3.8) is 0 Å². The molecule has 1 aliphatic heterocycles. The van der Waals surface area contributed by atoms with Gasteiger partial charge in [0, 0.05) is 52.7 Å². The van der Waals surface area contributed by atoms with E-state index in [2.05, 4.69) is 19.8 Å². The zero-order valence-corrected chi connectivity index (χ0v) is 16.3. The Bertz CT molecular complexity index is 543. The fourth-order valence-electron chi connectivity index (χ4n) is 4.04. The molecule has 25 heavy (non-hydrogen) atoms. The zero-order chi connectivity index (χ0) is 16.9. The Hall–Kier alpha value is -1.11. The first-order valence-electron chi connectivity index (χ1n) is 9.31. The topological polar surface area (TPSA) is 53.4 Å². The molecule has 7 heteroatoms. The van der Waals surface area contributed by atoms with Crippen LogP contribution in [0.1, 0.15) is 44.0 Å². The van der Waals surface area contributed by atoms with Crippen molar-refractivity contribution in [2.45, 2.75) is 38.1 Å². The predicted molar refractivity (Wildman–Crippen MR) is 102 cm³/mol. The average molecular weight is 370 g/mol. The number of aryl methyl sites for hydroxylation is 1. The molecule has 3 rings (SSSR count). The molecule has 1 N–H and O–H groups in total. The second-order valence-electron chi connectivity index (χ2n) is 7.37. The van der Waals surface area contributed by atoms with E-state index < -0.39 is 0 Å². The monoisotopic (exact) mass is 369 g/mol. The van der Waals surface area contributed by atoms with Gasteiger partial charge in [-0.25, -0.2) is 4.98 Å². The van der Waals surface area contributed by atoms with E-state index in [4.69, 9.17) is 0 Å². The number of imidazole rings is 1. The van der Waals surface area contributed by atoms with Gasteiger partial charge < -0.3 is 14.8 Å². The minimum atomic E-state index is 0. The third-order valence-electron chi connectivity index (χ3n) is 5.53. The summed E-state index contributed by atoms with van der Waals surface area (Å²) in [6.07, 6.45) is 10.4. The van der Waals surface area contributed by atoms with E-state index >= 15 is 0 Å². The number of rotatable bonds is 5. The number of piperazine rings is 1. The summed E-state index contributed by atoms with van der Waals surface area (Å²) in [7, 11) is 3.99. The van der Waals surface area contributed by atoms with E-state index in [-0.39, 0.29) is 24.4 Å². The van der Waals surface area contributed by atoms with Gasteiger partial charge in [0.05, 0.1) is 12.6 Å². The first kappa shape index (κ1) is 20.2. The van der Waals surface area contributed by atoms with Crippen molar-refractivity contribution in [2.24, 2.45) is 13.0 Å². The molecule has 6 nitrogen and oxygen atoms in total. The molecule has 1 aromatic heterocycles. The maximum atomic E-state index is 12.7. The summed E-state index contributed by atoms with van der Waals surface area (Å²) >= 11 is 0. The fourth-order valence-corrected chi connectivity index (χ4v) is 4.04. The number of nitrogens with one attached hydrogen (secondary N) is 1. The molecule has 0 aromatic carbocycles. The summed E-state index contributed by atoms with van der Waals surface area (Å²) in [4.78, 5) is 21.4. The predicted octanol–water partition coefficient (Wildman–Crippen LogP) is 1.83. The van der Waals surface area contributed by atoms with Gasteiger partial charge in [-0.2, -0.15) is 0 Å². The minimum Gasteiger partial charge on any atom is -0.344 e. The summed E-state index contributed by atoms with van der Waals surface area (Å²) in [5.41, 5.74) is 0. The molecule has 1 saturated heterocycles. The maximum Gasteiger partial charge on any atom is 0.236 e. The first-order chi connectivity index (χ1) is 11.6. The Morgan fingerprint density at radius 1 is 1.36 bits per heavy atom. The second kappa shape index (κ2) is 9.55. The van der Waals surface area contributed by atoms with Crippen molar-refractivity contribution >= 4 is 18.3 Å². The summed E-state index contributed by atoms with van der Waals surface area (Å²) in [6, 6.07) is 0.172. The van der Waals surface area contributed by atoms with E-state index in [9.17, 15) is 4.79 Å². The summed E-state index contributed by atoms with van der Waals surface area (Å²) in [5.74, 6) is 1.97. The van der Waals surface area contributed by atoms with Gasteiger partial charge in [0.25, 0.3) is 0 Å². The molecule has 2 heterocycles. The molecule has 1 amide bonds. The molecule has 2 fully saturated rings. The van der Waals surface area contributed by atoms with Crippen LogP contribution in [0, 0.1) is 5.92 Å². The van der Waals surface area contributed by atoms with E-state index in [0.29, 0.717) is 12.5 Å². The van der Waals surface area contributed by atoms with Crippen molar-refractivity contribution in [1.29, 1.82) is 0 Å². The van der Waals surface area contributed by atoms with Crippen LogP contribution in [0.3, 0.4) is 0 Å². The van der Waals surface area contributed by atoms with Gasteiger partial charge in [-0.15, -0.1) is 12.4 Å². The van der Waals surface area contributed by atoms with Crippen molar-refractivity contribution in [1.82, 2.24) is 24.7 Å². The lowest BCUT2D eigenvalue weighted by Gasteiger charge is -2.36. The molecule has 2 aliphatic rings. The number of amides is 1. The number of halogens is 1. The highest BCUT2D eigenvalue weighted by atomic mass is 35.5. The molecule has 0 bridgehead atoms. The lowest BCUT2D eigenvalue weighted by Crippen LogP contribution is -2.50. The van der Waals surface area contributed by atoms with Gasteiger partial charge in [-0.3, -0.25) is 9.69 Å². The Kier molecular flexibility index (Phi) is 7.72. The van der Waals surface area contributed by atoms with E-state index in [1.165, 1.54) is 32.1 Å². The third-order valence-corrected chi connectivity index (χ3v) is 5.53. The smallest absolute Gasteiger partial charge is 0.236 e. The van der Waals surface area contributed by atoms with Crippen LogP contribution in [-0.2, 0) is 11.8 Å². The Morgan fingerprint density at radius 2 is 2.12 bits per heavy atom. The number of aromatic nitrogens is 2. The molecule has 1 aromatic rings. The number of hydrogen-bond acceptors (Lipinski definition) is 4. The first-order valence-corrected chi connectivity index (χ1v) is 9.31. The number of carbonyl (C=O) groups excluding carboxylic acids is 1. The minimum absolute atomic E-state index is 0. The van der Waals surface area contributed by atoms with E-state index in [1.54, 1.807) is 0 Å². The van der Waals surface area contributed by atoms with E-state index in [0.717, 1.165) is 32.0 Å².